The van der Waals surface area contributed by atoms with Crippen LogP contribution in [0.4, 0.5) is 0 Å². The highest BCUT2D eigenvalue weighted by atomic mass is 16.2. The number of carbonyl (C=O) groups is 1. The van der Waals surface area contributed by atoms with Crippen molar-refractivity contribution in [2.24, 2.45) is 5.73 Å². The standard InChI is InChI=1S/C8H16N2O/c1-6(9)7(11)10-5-4-8(10,2)3/h6H,4-5,9H2,1-3H3/t6-/m0/s1. The molecule has 0 saturated carbocycles. The van der Waals surface area contributed by atoms with Gasteiger partial charge in [0.1, 0.15) is 0 Å². The SMILES string of the molecule is C[C@H](N)C(=O)N1CCC1(C)C. The van der Waals surface area contributed by atoms with Crippen LogP contribution in [0, 0.1) is 0 Å². The lowest BCUT2D eigenvalue weighted by Crippen LogP contribution is -2.61. The van der Waals surface area contributed by atoms with Crippen LogP contribution in [0.5, 0.6) is 0 Å². The second-order valence-corrected chi connectivity index (χ2v) is 3.84. The Kier molecular flexibility index (Phi) is 1.92. The van der Waals surface area contributed by atoms with Crippen molar-refractivity contribution in [2.45, 2.75) is 38.8 Å². The average molecular weight is 156 g/mol. The summed E-state index contributed by atoms with van der Waals surface area (Å²) in [5, 5.41) is 0. The minimum atomic E-state index is -0.352. The molecule has 1 rings (SSSR count). The fraction of sp³-hybridized carbons (Fsp3) is 0.875. The molecule has 1 aliphatic heterocycles. The van der Waals surface area contributed by atoms with Gasteiger partial charge in [-0.3, -0.25) is 4.79 Å². The molecule has 0 aromatic heterocycles. The van der Waals surface area contributed by atoms with E-state index >= 15 is 0 Å². The van der Waals surface area contributed by atoms with Gasteiger partial charge >= 0.3 is 0 Å². The predicted octanol–water partition coefficient (Wildman–Crippen LogP) is 0.345. The van der Waals surface area contributed by atoms with Gasteiger partial charge in [0.2, 0.25) is 5.91 Å². The first-order valence-corrected chi connectivity index (χ1v) is 4.02. The minimum absolute atomic E-state index is 0.0463. The Balaban J connectivity index is 2.56. The van der Waals surface area contributed by atoms with E-state index in [1.54, 1.807) is 6.92 Å². The molecule has 1 heterocycles. The van der Waals surface area contributed by atoms with E-state index in [4.69, 9.17) is 5.73 Å². The quantitative estimate of drug-likeness (QED) is 0.595. The van der Waals surface area contributed by atoms with Gasteiger partial charge in [-0.15, -0.1) is 0 Å². The first kappa shape index (κ1) is 8.53. The number of nitrogens with two attached hydrogens (primary N) is 1. The maximum absolute atomic E-state index is 11.3. The second kappa shape index (κ2) is 2.48. The third kappa shape index (κ3) is 1.38. The summed E-state index contributed by atoms with van der Waals surface area (Å²) in [6.45, 7) is 6.73. The van der Waals surface area contributed by atoms with Crippen LogP contribution in [0.2, 0.25) is 0 Å². The van der Waals surface area contributed by atoms with E-state index < -0.39 is 0 Å². The summed E-state index contributed by atoms with van der Waals surface area (Å²) < 4.78 is 0. The molecule has 0 aromatic carbocycles. The van der Waals surface area contributed by atoms with Crippen LogP contribution in [0.25, 0.3) is 0 Å². The molecule has 1 amide bonds. The Morgan fingerprint density at radius 1 is 1.64 bits per heavy atom. The van der Waals surface area contributed by atoms with Crippen LogP contribution in [0.15, 0.2) is 0 Å². The maximum atomic E-state index is 11.3. The van der Waals surface area contributed by atoms with E-state index in [1.807, 2.05) is 4.90 Å². The van der Waals surface area contributed by atoms with Gasteiger partial charge in [-0.1, -0.05) is 0 Å². The highest BCUT2D eigenvalue weighted by Crippen LogP contribution is 2.29. The van der Waals surface area contributed by atoms with Gasteiger partial charge in [0.05, 0.1) is 6.04 Å². The van der Waals surface area contributed by atoms with Gasteiger partial charge in [-0.25, -0.2) is 0 Å². The van der Waals surface area contributed by atoms with E-state index in [-0.39, 0.29) is 17.5 Å². The Morgan fingerprint density at radius 2 is 2.18 bits per heavy atom. The van der Waals surface area contributed by atoms with E-state index in [0.717, 1.165) is 13.0 Å². The van der Waals surface area contributed by atoms with E-state index in [1.165, 1.54) is 0 Å². The van der Waals surface area contributed by atoms with Crippen LogP contribution in [0.3, 0.4) is 0 Å². The van der Waals surface area contributed by atoms with Crippen molar-refractivity contribution in [3.63, 3.8) is 0 Å². The maximum Gasteiger partial charge on any atom is 0.239 e. The van der Waals surface area contributed by atoms with Crippen molar-refractivity contribution >= 4 is 5.91 Å². The number of hydrogen-bond acceptors (Lipinski definition) is 2. The van der Waals surface area contributed by atoms with Crippen LogP contribution in [0.1, 0.15) is 27.2 Å². The summed E-state index contributed by atoms with van der Waals surface area (Å²) in [4.78, 5) is 13.2. The largest absolute Gasteiger partial charge is 0.336 e. The number of hydrogen-bond donors (Lipinski definition) is 1. The molecule has 1 fully saturated rings. The lowest BCUT2D eigenvalue weighted by atomic mass is 9.88. The third-order valence-electron chi connectivity index (χ3n) is 2.33. The Morgan fingerprint density at radius 3 is 2.27 bits per heavy atom. The summed E-state index contributed by atoms with van der Waals surface area (Å²) in [6, 6.07) is -0.352. The van der Waals surface area contributed by atoms with Crippen molar-refractivity contribution in [1.82, 2.24) is 4.90 Å². The second-order valence-electron chi connectivity index (χ2n) is 3.84. The van der Waals surface area contributed by atoms with Crippen molar-refractivity contribution < 1.29 is 4.79 Å². The molecule has 0 aliphatic carbocycles. The van der Waals surface area contributed by atoms with Gasteiger partial charge < -0.3 is 10.6 Å². The lowest BCUT2D eigenvalue weighted by molar-refractivity contribution is -0.145. The Labute approximate surface area is 67.5 Å². The Bertz CT molecular complexity index is 175. The molecule has 64 valence electrons. The lowest BCUT2D eigenvalue weighted by Gasteiger charge is -2.49. The average Bonchev–Trinajstić information content (AvgIpc) is 1.85. The van der Waals surface area contributed by atoms with E-state index in [2.05, 4.69) is 13.8 Å². The zero-order valence-corrected chi connectivity index (χ0v) is 7.42. The molecule has 0 unspecified atom stereocenters. The highest BCUT2D eigenvalue weighted by molar-refractivity contribution is 5.82. The summed E-state index contributed by atoms with van der Waals surface area (Å²) in [5.74, 6) is 0.0706. The number of amides is 1. The monoisotopic (exact) mass is 156 g/mol. The molecule has 2 N–H and O–H groups in total. The number of rotatable bonds is 1. The zero-order valence-electron chi connectivity index (χ0n) is 7.42. The zero-order chi connectivity index (χ0) is 8.65. The molecular weight excluding hydrogens is 140 g/mol. The number of carbonyl (C=O) groups excluding carboxylic acids is 1. The van der Waals surface area contributed by atoms with Crippen LogP contribution in [-0.4, -0.2) is 28.9 Å². The molecule has 0 bridgehead atoms. The first-order valence-electron chi connectivity index (χ1n) is 4.02. The smallest absolute Gasteiger partial charge is 0.239 e. The molecule has 1 aliphatic rings. The normalized spacial score (nSPS) is 24.2. The number of likely N-dealkylation sites (tertiary alicyclic amines) is 1. The molecule has 1 saturated heterocycles. The van der Waals surface area contributed by atoms with E-state index in [0.29, 0.717) is 0 Å². The van der Waals surface area contributed by atoms with Gasteiger partial charge in [0, 0.05) is 12.1 Å². The van der Waals surface area contributed by atoms with Crippen LogP contribution in [-0.2, 0) is 4.79 Å². The summed E-state index contributed by atoms with van der Waals surface area (Å²) in [6.07, 6.45) is 1.09. The molecule has 3 nitrogen and oxygen atoms in total. The Hall–Kier alpha value is -0.570. The van der Waals surface area contributed by atoms with Crippen molar-refractivity contribution in [2.75, 3.05) is 6.54 Å². The van der Waals surface area contributed by atoms with Gasteiger partial charge in [0.15, 0.2) is 0 Å². The molecule has 3 heteroatoms. The van der Waals surface area contributed by atoms with Gasteiger partial charge in [-0.2, -0.15) is 0 Å². The van der Waals surface area contributed by atoms with Crippen molar-refractivity contribution in [1.29, 1.82) is 0 Å². The van der Waals surface area contributed by atoms with Crippen LogP contribution < -0.4 is 5.73 Å². The molecule has 0 aromatic rings. The van der Waals surface area contributed by atoms with Crippen LogP contribution >= 0.6 is 0 Å². The topological polar surface area (TPSA) is 46.3 Å². The molecule has 0 spiro atoms. The minimum Gasteiger partial charge on any atom is -0.336 e. The molecule has 0 radical (unpaired) electrons. The molecular formula is C8H16N2O. The number of nitrogens with zero attached hydrogens (tertiary/aromatic N) is 1. The highest BCUT2D eigenvalue weighted by Gasteiger charge is 2.39. The fourth-order valence-corrected chi connectivity index (χ4v) is 1.33. The van der Waals surface area contributed by atoms with E-state index in [9.17, 15) is 4.79 Å². The third-order valence-corrected chi connectivity index (χ3v) is 2.33. The summed E-state index contributed by atoms with van der Waals surface area (Å²) in [5.41, 5.74) is 5.52. The fourth-order valence-electron chi connectivity index (χ4n) is 1.33. The van der Waals surface area contributed by atoms with Gasteiger partial charge in [0.25, 0.3) is 0 Å². The summed E-state index contributed by atoms with van der Waals surface area (Å²) >= 11 is 0. The predicted molar refractivity (Wildman–Crippen MR) is 44.1 cm³/mol. The van der Waals surface area contributed by atoms with Crippen molar-refractivity contribution in [3.05, 3.63) is 0 Å². The van der Waals surface area contributed by atoms with Crippen molar-refractivity contribution in [3.8, 4) is 0 Å². The summed E-state index contributed by atoms with van der Waals surface area (Å²) in [7, 11) is 0. The molecule has 11 heavy (non-hydrogen) atoms. The van der Waals surface area contributed by atoms with Gasteiger partial charge in [-0.05, 0) is 27.2 Å². The first-order chi connectivity index (χ1) is 4.95. The molecule has 1 atom stereocenters.